The third-order valence-corrected chi connectivity index (χ3v) is 7.05. The number of fused-ring (bicyclic) bond motifs is 1. The number of aliphatic hydroxyl groups is 1. The van der Waals surface area contributed by atoms with Gasteiger partial charge in [-0.1, -0.05) is 0 Å². The number of amides is 4. The molecule has 3 heterocycles. The molecule has 230 valence electrons. The number of nitrogens with one attached hydrogen (secondary N) is 3. The molecule has 14 heteroatoms. The zero-order valence-corrected chi connectivity index (χ0v) is 24.4. The van der Waals surface area contributed by atoms with Gasteiger partial charge < -0.3 is 25.4 Å². The van der Waals surface area contributed by atoms with Crippen molar-refractivity contribution in [3.8, 4) is 11.5 Å². The second kappa shape index (κ2) is 11.9. The molecule has 0 spiro atoms. The van der Waals surface area contributed by atoms with Crippen LogP contribution in [0, 0.1) is 17.6 Å². The molecule has 44 heavy (non-hydrogen) atoms. The first-order valence-electron chi connectivity index (χ1n) is 13.8. The number of carbonyl (C=O) groups is 3. The van der Waals surface area contributed by atoms with E-state index in [-0.39, 0.29) is 42.1 Å². The summed E-state index contributed by atoms with van der Waals surface area (Å²) in [6, 6.07) is 9.13. The first-order valence-corrected chi connectivity index (χ1v) is 13.8. The maximum atomic E-state index is 15.3. The predicted molar refractivity (Wildman–Crippen MR) is 158 cm³/mol. The molecule has 0 radical (unpaired) electrons. The zero-order chi connectivity index (χ0) is 31.8. The number of urea groups is 1. The first kappa shape index (κ1) is 30.4. The van der Waals surface area contributed by atoms with Gasteiger partial charge in [-0.2, -0.15) is 5.10 Å². The van der Waals surface area contributed by atoms with Crippen molar-refractivity contribution in [2.75, 3.05) is 28.7 Å². The van der Waals surface area contributed by atoms with E-state index in [2.05, 4.69) is 25.8 Å². The summed E-state index contributed by atoms with van der Waals surface area (Å²) in [6.45, 7) is 6.67. The molecule has 0 bridgehead atoms. The molecule has 1 aliphatic rings. The standard InChI is InChI=1S/C30H31F2N7O5/c1-16(2)38-14-20(28(42)39(29(38)43)19-8-5-17(31)6-9-19)27(41)34-18-7-10-22(21(32)13-18)44-23-11-12-33-25-24(23)26(37-36-25)35-30(3,4)15-40/h5-13,16,20,40H,14-15H2,1-4H3,(H,34,41)(H2,33,35,36,37). The van der Waals surface area contributed by atoms with Crippen molar-refractivity contribution < 1.29 is 33.0 Å². The van der Waals surface area contributed by atoms with Crippen LogP contribution >= 0.6 is 0 Å². The summed E-state index contributed by atoms with van der Waals surface area (Å²) < 4.78 is 34.6. The number of nitrogens with zero attached hydrogens (tertiary/aromatic N) is 4. The first-order chi connectivity index (χ1) is 20.9. The van der Waals surface area contributed by atoms with E-state index in [0.717, 1.165) is 23.1 Å². The molecular weight excluding hydrogens is 576 g/mol. The Bertz CT molecular complexity index is 1720. The van der Waals surface area contributed by atoms with E-state index in [0.29, 0.717) is 16.9 Å². The molecule has 0 aliphatic carbocycles. The lowest BCUT2D eigenvalue weighted by atomic mass is 10.0. The fourth-order valence-electron chi connectivity index (χ4n) is 4.65. The van der Waals surface area contributed by atoms with Crippen molar-refractivity contribution in [3.05, 3.63) is 66.4 Å². The molecule has 1 aliphatic heterocycles. The van der Waals surface area contributed by atoms with Crippen LogP contribution in [0.25, 0.3) is 11.0 Å². The van der Waals surface area contributed by atoms with Gasteiger partial charge in [0.1, 0.15) is 22.9 Å². The molecule has 4 amide bonds. The van der Waals surface area contributed by atoms with Crippen LogP contribution in [0.1, 0.15) is 27.7 Å². The molecule has 1 atom stereocenters. The number of rotatable bonds is 9. The van der Waals surface area contributed by atoms with Crippen LogP contribution in [0.15, 0.2) is 54.7 Å². The molecule has 2 aromatic heterocycles. The quantitative estimate of drug-likeness (QED) is 0.201. The fourth-order valence-corrected chi connectivity index (χ4v) is 4.65. The highest BCUT2D eigenvalue weighted by molar-refractivity contribution is 6.23. The number of hydrogen-bond acceptors (Lipinski definition) is 8. The summed E-state index contributed by atoms with van der Waals surface area (Å²) in [5.41, 5.74) is -0.151. The summed E-state index contributed by atoms with van der Waals surface area (Å²) in [7, 11) is 0. The summed E-state index contributed by atoms with van der Waals surface area (Å²) >= 11 is 0. The molecule has 1 unspecified atom stereocenters. The van der Waals surface area contributed by atoms with Crippen molar-refractivity contribution >= 4 is 46.1 Å². The van der Waals surface area contributed by atoms with Gasteiger partial charge in [0.05, 0.1) is 17.8 Å². The number of aromatic amines is 1. The third-order valence-electron chi connectivity index (χ3n) is 7.05. The Morgan fingerprint density at radius 3 is 2.52 bits per heavy atom. The van der Waals surface area contributed by atoms with Gasteiger partial charge in [-0.05, 0) is 64.1 Å². The van der Waals surface area contributed by atoms with E-state index >= 15 is 4.39 Å². The number of ether oxygens (including phenoxy) is 1. The number of anilines is 3. The number of aromatic nitrogens is 3. The largest absolute Gasteiger partial charge is 0.453 e. The van der Waals surface area contributed by atoms with Crippen molar-refractivity contribution in [2.45, 2.75) is 39.3 Å². The van der Waals surface area contributed by atoms with Gasteiger partial charge >= 0.3 is 6.03 Å². The van der Waals surface area contributed by atoms with E-state index in [1.165, 1.54) is 41.4 Å². The molecule has 2 aromatic carbocycles. The Kier molecular flexibility index (Phi) is 8.19. The number of halogens is 2. The van der Waals surface area contributed by atoms with E-state index in [4.69, 9.17) is 4.74 Å². The molecule has 1 fully saturated rings. The van der Waals surface area contributed by atoms with Gasteiger partial charge in [-0.3, -0.25) is 14.7 Å². The second-order valence-corrected chi connectivity index (χ2v) is 11.2. The van der Waals surface area contributed by atoms with Crippen LogP contribution in [0.5, 0.6) is 11.5 Å². The van der Waals surface area contributed by atoms with Gasteiger partial charge in [0.25, 0.3) is 0 Å². The molecule has 0 saturated carbocycles. The van der Waals surface area contributed by atoms with Gasteiger partial charge in [-0.15, -0.1) is 0 Å². The monoisotopic (exact) mass is 607 g/mol. The zero-order valence-electron chi connectivity index (χ0n) is 24.4. The average Bonchev–Trinajstić information content (AvgIpc) is 3.38. The number of benzene rings is 2. The van der Waals surface area contributed by atoms with E-state index < -0.39 is 40.9 Å². The second-order valence-electron chi connectivity index (χ2n) is 11.2. The van der Waals surface area contributed by atoms with Crippen LogP contribution in [-0.4, -0.2) is 67.8 Å². The van der Waals surface area contributed by atoms with E-state index in [1.54, 1.807) is 27.7 Å². The van der Waals surface area contributed by atoms with Crippen molar-refractivity contribution in [3.63, 3.8) is 0 Å². The van der Waals surface area contributed by atoms with Crippen LogP contribution in [0.3, 0.4) is 0 Å². The molecule has 4 N–H and O–H groups in total. The number of H-pyrrole nitrogens is 1. The Hall–Kier alpha value is -5.11. The van der Waals surface area contributed by atoms with Gasteiger partial charge in [0, 0.05) is 36.6 Å². The molecular formula is C30H31F2N7O5. The lowest BCUT2D eigenvalue weighted by Crippen LogP contribution is -2.61. The SMILES string of the molecule is CC(C)N1CC(C(=O)Nc2ccc(Oc3ccnc4[nH]nc(NC(C)(C)CO)c34)c(F)c2)C(=O)N(c2ccc(F)cc2)C1=O. The van der Waals surface area contributed by atoms with Crippen LogP contribution in [0.4, 0.5) is 30.8 Å². The Balaban J connectivity index is 1.36. The molecule has 12 nitrogen and oxygen atoms in total. The van der Waals surface area contributed by atoms with Gasteiger partial charge in [0.2, 0.25) is 11.8 Å². The maximum Gasteiger partial charge on any atom is 0.331 e. The summed E-state index contributed by atoms with van der Waals surface area (Å²) in [5, 5.41) is 22.7. The number of imide groups is 1. The van der Waals surface area contributed by atoms with E-state index in [1.807, 2.05) is 0 Å². The summed E-state index contributed by atoms with van der Waals surface area (Å²) in [4.78, 5) is 46.2. The number of aliphatic hydroxyl groups excluding tert-OH is 1. The Labute approximate surface area is 251 Å². The molecule has 4 aromatic rings. The summed E-state index contributed by atoms with van der Waals surface area (Å²) in [5.74, 6) is -3.75. The minimum atomic E-state index is -1.31. The number of carbonyl (C=O) groups excluding carboxylic acids is 3. The molecule has 5 rings (SSSR count). The van der Waals surface area contributed by atoms with Gasteiger partial charge in [0.15, 0.2) is 23.0 Å². The topological polar surface area (TPSA) is 153 Å². The Morgan fingerprint density at radius 2 is 1.86 bits per heavy atom. The van der Waals surface area contributed by atoms with Crippen molar-refractivity contribution in [2.24, 2.45) is 5.92 Å². The third kappa shape index (κ3) is 6.01. The lowest BCUT2D eigenvalue weighted by molar-refractivity contribution is -0.132. The van der Waals surface area contributed by atoms with Crippen molar-refractivity contribution in [1.82, 2.24) is 20.1 Å². The van der Waals surface area contributed by atoms with Gasteiger partial charge in [-0.25, -0.2) is 23.5 Å². The Morgan fingerprint density at radius 1 is 1.14 bits per heavy atom. The fraction of sp³-hybridized carbons (Fsp3) is 0.300. The normalized spacial score (nSPS) is 15.7. The van der Waals surface area contributed by atoms with E-state index in [9.17, 15) is 23.9 Å². The number of hydrogen-bond donors (Lipinski definition) is 4. The lowest BCUT2D eigenvalue weighted by Gasteiger charge is -2.39. The van der Waals surface area contributed by atoms with Crippen molar-refractivity contribution in [1.29, 1.82) is 0 Å². The molecule has 1 saturated heterocycles. The highest BCUT2D eigenvalue weighted by Crippen LogP contribution is 2.35. The van der Waals surface area contributed by atoms with Crippen LogP contribution in [0.2, 0.25) is 0 Å². The number of pyridine rings is 1. The van der Waals surface area contributed by atoms with Crippen LogP contribution in [-0.2, 0) is 9.59 Å². The summed E-state index contributed by atoms with van der Waals surface area (Å²) in [6.07, 6.45) is 1.46. The maximum absolute atomic E-state index is 15.3. The minimum absolute atomic E-state index is 0.0595. The predicted octanol–water partition coefficient (Wildman–Crippen LogP) is 4.64. The smallest absolute Gasteiger partial charge is 0.331 e. The highest BCUT2D eigenvalue weighted by Gasteiger charge is 2.44. The minimum Gasteiger partial charge on any atom is -0.453 e. The highest BCUT2D eigenvalue weighted by atomic mass is 19.1. The average molecular weight is 608 g/mol. The van der Waals surface area contributed by atoms with Crippen LogP contribution < -0.4 is 20.3 Å².